The number of carbonyl (C=O) groups excluding carboxylic acids is 4. The SMILES string of the molecule is CCCNC(=O)C(=O)[C@H](C)NC(=O)[C@@H]1[C@@H]2[C@H](CN1C(=O)[C@@H](N)C(C)CC)C2(C)C1CCC1. The zero-order valence-corrected chi connectivity index (χ0v) is 20.1. The van der Waals surface area contributed by atoms with Crippen molar-refractivity contribution >= 4 is 23.5 Å². The second-order valence-corrected chi connectivity index (χ2v) is 10.3. The minimum absolute atomic E-state index is 0.0175. The molecule has 0 bridgehead atoms. The molecule has 4 N–H and O–H groups in total. The van der Waals surface area contributed by atoms with Crippen LogP contribution in [0.15, 0.2) is 0 Å². The molecule has 3 aliphatic rings. The summed E-state index contributed by atoms with van der Waals surface area (Å²) < 4.78 is 0. The largest absolute Gasteiger partial charge is 0.349 e. The summed E-state index contributed by atoms with van der Waals surface area (Å²) in [6.45, 7) is 10.6. The van der Waals surface area contributed by atoms with Crippen LogP contribution in [-0.2, 0) is 19.2 Å². The molecule has 8 nitrogen and oxygen atoms in total. The van der Waals surface area contributed by atoms with Gasteiger partial charge in [0.05, 0.1) is 12.1 Å². The zero-order chi connectivity index (χ0) is 23.8. The summed E-state index contributed by atoms with van der Waals surface area (Å²) in [5.41, 5.74) is 6.30. The van der Waals surface area contributed by atoms with Crippen LogP contribution < -0.4 is 16.4 Å². The second kappa shape index (κ2) is 9.49. The summed E-state index contributed by atoms with van der Waals surface area (Å²) in [5, 5.41) is 5.29. The van der Waals surface area contributed by atoms with Gasteiger partial charge in [-0.2, -0.15) is 0 Å². The molecular weight excluding hydrogens is 408 g/mol. The average molecular weight is 449 g/mol. The summed E-state index contributed by atoms with van der Waals surface area (Å²) in [7, 11) is 0. The third-order valence-corrected chi connectivity index (χ3v) is 8.50. The highest BCUT2D eigenvalue weighted by molar-refractivity contribution is 6.38. The van der Waals surface area contributed by atoms with Crippen molar-refractivity contribution in [1.82, 2.24) is 15.5 Å². The predicted molar refractivity (Wildman–Crippen MR) is 121 cm³/mol. The molecule has 180 valence electrons. The van der Waals surface area contributed by atoms with Crippen molar-refractivity contribution in [2.45, 2.75) is 84.8 Å². The van der Waals surface area contributed by atoms with Gasteiger partial charge in [0.2, 0.25) is 17.6 Å². The number of ketones is 1. The van der Waals surface area contributed by atoms with Crippen LogP contribution in [0.3, 0.4) is 0 Å². The van der Waals surface area contributed by atoms with Crippen LogP contribution in [-0.4, -0.2) is 59.6 Å². The number of Topliss-reactive ketones (excluding diaryl/α,β-unsaturated/α-hetero) is 1. The highest BCUT2D eigenvalue weighted by atomic mass is 16.2. The molecule has 2 aliphatic carbocycles. The maximum absolute atomic E-state index is 13.4. The number of rotatable bonds is 10. The van der Waals surface area contributed by atoms with Crippen LogP contribution in [0.5, 0.6) is 0 Å². The number of hydrogen-bond acceptors (Lipinski definition) is 5. The lowest BCUT2D eigenvalue weighted by molar-refractivity contribution is -0.144. The van der Waals surface area contributed by atoms with Gasteiger partial charge in [0.25, 0.3) is 5.91 Å². The molecule has 0 aromatic heterocycles. The van der Waals surface area contributed by atoms with Crippen LogP contribution in [0.1, 0.15) is 66.7 Å². The van der Waals surface area contributed by atoms with Gasteiger partial charge in [-0.3, -0.25) is 19.2 Å². The number of likely N-dealkylation sites (tertiary alicyclic amines) is 1. The number of hydrogen-bond donors (Lipinski definition) is 3. The predicted octanol–water partition coefficient (Wildman–Crippen LogP) is 1.22. The van der Waals surface area contributed by atoms with Crippen molar-refractivity contribution in [1.29, 1.82) is 0 Å². The minimum atomic E-state index is -0.952. The first kappa shape index (κ1) is 24.7. The van der Waals surface area contributed by atoms with Gasteiger partial charge < -0.3 is 21.3 Å². The Morgan fingerprint density at radius 1 is 1.16 bits per heavy atom. The van der Waals surface area contributed by atoms with Crippen molar-refractivity contribution in [3.8, 4) is 0 Å². The lowest BCUT2D eigenvalue weighted by Gasteiger charge is -2.39. The number of piperidine rings is 1. The number of fused-ring (bicyclic) bond motifs is 1. The first-order chi connectivity index (χ1) is 15.1. The van der Waals surface area contributed by atoms with E-state index in [-0.39, 0.29) is 35.0 Å². The van der Waals surface area contributed by atoms with Gasteiger partial charge in [0.1, 0.15) is 6.04 Å². The van der Waals surface area contributed by atoms with Crippen molar-refractivity contribution in [2.24, 2.45) is 34.8 Å². The van der Waals surface area contributed by atoms with Crippen LogP contribution >= 0.6 is 0 Å². The van der Waals surface area contributed by atoms with Crippen LogP contribution in [0.25, 0.3) is 0 Å². The Morgan fingerprint density at radius 2 is 1.81 bits per heavy atom. The molecule has 3 amide bonds. The van der Waals surface area contributed by atoms with E-state index in [9.17, 15) is 19.2 Å². The summed E-state index contributed by atoms with van der Waals surface area (Å²) in [5.74, 6) is -0.935. The van der Waals surface area contributed by atoms with Crippen LogP contribution in [0.2, 0.25) is 0 Å². The fourth-order valence-corrected chi connectivity index (χ4v) is 5.76. The van der Waals surface area contributed by atoms with E-state index in [1.807, 2.05) is 20.8 Å². The first-order valence-electron chi connectivity index (χ1n) is 12.3. The Labute approximate surface area is 191 Å². The number of carbonyl (C=O) groups is 4. The quantitative estimate of drug-likeness (QED) is 0.434. The molecule has 2 unspecified atom stereocenters. The lowest BCUT2D eigenvalue weighted by Crippen LogP contribution is -2.58. The van der Waals surface area contributed by atoms with Crippen molar-refractivity contribution in [3.63, 3.8) is 0 Å². The minimum Gasteiger partial charge on any atom is -0.349 e. The van der Waals surface area contributed by atoms with Gasteiger partial charge in [-0.05, 0) is 55.3 Å². The number of nitrogens with two attached hydrogens (primary N) is 1. The Balaban J connectivity index is 1.75. The Morgan fingerprint density at radius 3 is 2.34 bits per heavy atom. The normalized spacial score (nSPS) is 31.7. The van der Waals surface area contributed by atoms with Gasteiger partial charge in [-0.25, -0.2) is 0 Å². The van der Waals surface area contributed by atoms with Crippen molar-refractivity contribution in [3.05, 3.63) is 0 Å². The van der Waals surface area contributed by atoms with Gasteiger partial charge in [-0.1, -0.05) is 40.5 Å². The molecule has 7 atom stereocenters. The van der Waals surface area contributed by atoms with Gasteiger partial charge >= 0.3 is 0 Å². The first-order valence-corrected chi connectivity index (χ1v) is 12.3. The maximum atomic E-state index is 13.4. The van der Waals surface area contributed by atoms with E-state index in [0.717, 1.165) is 12.8 Å². The van der Waals surface area contributed by atoms with E-state index in [2.05, 4.69) is 17.6 Å². The average Bonchev–Trinajstić information content (AvgIpc) is 3.10. The van der Waals surface area contributed by atoms with E-state index >= 15 is 0 Å². The van der Waals surface area contributed by atoms with Gasteiger partial charge in [-0.15, -0.1) is 0 Å². The summed E-state index contributed by atoms with van der Waals surface area (Å²) in [4.78, 5) is 52.7. The van der Waals surface area contributed by atoms with E-state index < -0.39 is 29.8 Å². The topological polar surface area (TPSA) is 122 Å². The molecule has 0 radical (unpaired) electrons. The number of amides is 3. The molecule has 3 fully saturated rings. The van der Waals surface area contributed by atoms with Crippen molar-refractivity contribution < 1.29 is 19.2 Å². The second-order valence-electron chi connectivity index (χ2n) is 10.3. The van der Waals surface area contributed by atoms with Crippen LogP contribution in [0.4, 0.5) is 0 Å². The molecule has 32 heavy (non-hydrogen) atoms. The fourth-order valence-electron chi connectivity index (χ4n) is 5.76. The third kappa shape index (κ3) is 4.18. The number of nitrogens with one attached hydrogen (secondary N) is 2. The Kier molecular flexibility index (Phi) is 7.32. The van der Waals surface area contributed by atoms with E-state index in [1.54, 1.807) is 4.90 Å². The molecule has 1 aliphatic heterocycles. The molecule has 0 aromatic carbocycles. The van der Waals surface area contributed by atoms with Gasteiger partial charge in [0.15, 0.2) is 0 Å². The fraction of sp³-hybridized carbons (Fsp3) is 0.833. The Hall–Kier alpha value is -1.96. The Bertz CT molecular complexity index is 767. The van der Waals surface area contributed by atoms with E-state index in [1.165, 1.54) is 26.2 Å². The molecular formula is C24H40N4O4. The zero-order valence-electron chi connectivity index (χ0n) is 20.1. The maximum Gasteiger partial charge on any atom is 0.289 e. The van der Waals surface area contributed by atoms with Crippen molar-refractivity contribution in [2.75, 3.05) is 13.1 Å². The smallest absolute Gasteiger partial charge is 0.289 e. The van der Waals surface area contributed by atoms with E-state index in [4.69, 9.17) is 5.73 Å². The van der Waals surface area contributed by atoms with E-state index in [0.29, 0.717) is 19.0 Å². The molecule has 1 heterocycles. The van der Waals surface area contributed by atoms with Crippen LogP contribution in [0, 0.1) is 29.1 Å². The highest BCUT2D eigenvalue weighted by Gasteiger charge is 2.74. The lowest BCUT2D eigenvalue weighted by atomic mass is 9.71. The molecule has 8 heteroatoms. The highest BCUT2D eigenvalue weighted by Crippen LogP contribution is 2.71. The third-order valence-electron chi connectivity index (χ3n) is 8.50. The molecule has 1 saturated heterocycles. The summed E-state index contributed by atoms with van der Waals surface area (Å²) in [6.07, 6.45) is 5.06. The standard InChI is InChI=1S/C24H40N4O4/c1-6-11-26-22(31)20(29)14(4)27-21(30)19-17-16(24(17,5)15-9-8-10-15)12-28(19)23(32)18(25)13(3)7-2/h13-19H,6-12,25H2,1-5H3,(H,26,31)(H,27,30)/t13?,14-,16-,17-,18-,19-,24?/m0/s1. The molecule has 3 rings (SSSR count). The van der Waals surface area contributed by atoms with Gasteiger partial charge in [0, 0.05) is 13.1 Å². The summed E-state index contributed by atoms with van der Waals surface area (Å²) >= 11 is 0. The molecule has 0 spiro atoms. The monoisotopic (exact) mass is 448 g/mol. The molecule has 0 aromatic rings. The number of nitrogens with zero attached hydrogens (tertiary/aromatic N) is 1. The summed E-state index contributed by atoms with van der Waals surface area (Å²) in [6, 6.07) is -2.24. The molecule has 2 saturated carbocycles.